The third-order valence-electron chi connectivity index (χ3n) is 1.72. The van der Waals surface area contributed by atoms with Crippen LogP contribution in [-0.2, 0) is 0 Å². The maximum absolute atomic E-state index is 10.9. The van der Waals surface area contributed by atoms with Crippen molar-refractivity contribution in [1.29, 1.82) is 0 Å². The number of hydrogen-bond donors (Lipinski definition) is 1. The van der Waals surface area contributed by atoms with Gasteiger partial charge in [0.05, 0.1) is 5.04 Å². The van der Waals surface area contributed by atoms with Gasteiger partial charge in [-0.25, -0.2) is 0 Å². The molecule has 3 nitrogen and oxygen atoms in total. The zero-order valence-corrected chi connectivity index (χ0v) is 9.02. The Kier molecular flexibility index (Phi) is 3.71. The van der Waals surface area contributed by atoms with E-state index in [0.717, 1.165) is 10.3 Å². The molecule has 0 bridgehead atoms. The Hall–Kier alpha value is -1.29. The molecule has 14 heavy (non-hydrogen) atoms. The number of nitrogens with zero attached hydrogens (tertiary/aromatic N) is 1. The van der Waals surface area contributed by atoms with Gasteiger partial charge in [-0.1, -0.05) is 6.58 Å². The van der Waals surface area contributed by atoms with E-state index in [9.17, 15) is 4.79 Å². The predicted octanol–water partition coefficient (Wildman–Crippen LogP) is 0.551. The highest BCUT2D eigenvalue weighted by molar-refractivity contribution is 8.13. The van der Waals surface area contributed by atoms with Gasteiger partial charge in [0.25, 0.3) is 0 Å². The largest absolute Gasteiger partial charge is 0.322 e. The minimum absolute atomic E-state index is 0. The predicted molar refractivity (Wildman–Crippen MR) is 65.0 cm³/mol. The van der Waals surface area contributed by atoms with Gasteiger partial charge in [-0.2, -0.15) is 0 Å². The van der Waals surface area contributed by atoms with Crippen molar-refractivity contribution in [2.75, 3.05) is 6.26 Å². The molecular weight excluding hydrogens is 196 g/mol. The molecular formula is C10H14N2OS. The summed E-state index contributed by atoms with van der Waals surface area (Å²) in [6.45, 7) is 5.65. The number of aromatic nitrogens is 1. The number of aromatic amines is 1. The number of nitrogens with one attached hydrogen (secondary N) is 1. The Labute approximate surface area is 87.8 Å². The smallest absolute Gasteiger partial charge is 0.248 e. The van der Waals surface area contributed by atoms with Gasteiger partial charge in [-0.3, -0.25) is 9.79 Å². The molecule has 0 aliphatic heterocycles. The number of thioether (sulfide) groups is 1. The van der Waals surface area contributed by atoms with Crippen LogP contribution in [0.4, 0.5) is 0 Å². The number of hydrogen-bond acceptors (Lipinski definition) is 3. The van der Waals surface area contributed by atoms with Crippen molar-refractivity contribution in [3.63, 3.8) is 0 Å². The van der Waals surface area contributed by atoms with Crippen LogP contribution in [0.5, 0.6) is 0 Å². The first-order valence-corrected chi connectivity index (χ1v) is 5.33. The number of pyridine rings is 1. The summed E-state index contributed by atoms with van der Waals surface area (Å²) in [7, 11) is 0. The van der Waals surface area contributed by atoms with Crippen molar-refractivity contribution in [3.05, 3.63) is 33.1 Å². The van der Waals surface area contributed by atoms with Crippen molar-refractivity contribution in [1.82, 2.24) is 4.98 Å². The van der Waals surface area contributed by atoms with Gasteiger partial charge in [0.1, 0.15) is 0 Å². The van der Waals surface area contributed by atoms with Gasteiger partial charge < -0.3 is 4.98 Å². The number of aliphatic imine (C=N–C) groups is 1. The second-order valence-corrected chi connectivity index (χ2v) is 3.74. The quantitative estimate of drug-likeness (QED) is 0.543. The third kappa shape index (κ3) is 2.88. The zero-order valence-electron chi connectivity index (χ0n) is 8.20. The summed E-state index contributed by atoms with van der Waals surface area (Å²) in [5.74, 6) is 0. The molecule has 1 aromatic heterocycles. The molecule has 0 amide bonds. The summed E-state index contributed by atoms with van der Waals surface area (Å²) in [4.78, 5) is 17.7. The van der Waals surface area contributed by atoms with Crippen molar-refractivity contribution >= 4 is 29.6 Å². The van der Waals surface area contributed by atoms with E-state index in [2.05, 4.69) is 16.6 Å². The van der Waals surface area contributed by atoms with Crippen LogP contribution in [0.15, 0.2) is 21.9 Å². The lowest BCUT2D eigenvalue weighted by atomic mass is 10.4. The van der Waals surface area contributed by atoms with Gasteiger partial charge in [0.2, 0.25) is 5.56 Å². The van der Waals surface area contributed by atoms with E-state index in [1.54, 1.807) is 24.0 Å². The summed E-state index contributed by atoms with van der Waals surface area (Å²) in [5, 5.41) is 2.39. The van der Waals surface area contributed by atoms with Crippen LogP contribution in [0.3, 0.4) is 0 Å². The maximum Gasteiger partial charge on any atom is 0.248 e. The molecule has 4 heteroatoms. The van der Waals surface area contributed by atoms with Crippen molar-refractivity contribution in [2.45, 2.75) is 6.92 Å². The van der Waals surface area contributed by atoms with E-state index < -0.39 is 0 Å². The van der Waals surface area contributed by atoms with Crippen molar-refractivity contribution in [3.8, 4) is 0 Å². The average molecular weight is 210 g/mol. The Morgan fingerprint density at radius 2 is 2.43 bits per heavy atom. The summed E-state index contributed by atoms with van der Waals surface area (Å²) >= 11 is 1.58. The normalized spacial score (nSPS) is 13.3. The fourth-order valence-electron chi connectivity index (χ4n) is 0.863. The first-order valence-electron chi connectivity index (χ1n) is 4.10. The number of H-pyrrole nitrogens is 1. The molecule has 0 aliphatic rings. The first kappa shape index (κ1) is 10.8. The lowest BCUT2D eigenvalue weighted by Crippen LogP contribution is -2.31. The molecule has 0 saturated carbocycles. The highest BCUT2D eigenvalue weighted by Crippen LogP contribution is 1.95. The molecule has 0 saturated heterocycles. The minimum Gasteiger partial charge on any atom is -0.322 e. The molecule has 1 N–H and O–H groups in total. The molecule has 0 unspecified atom stereocenters. The molecule has 0 fully saturated rings. The highest BCUT2D eigenvalue weighted by atomic mass is 32.2. The molecule has 1 aromatic rings. The molecule has 1 heterocycles. The standard InChI is InChI=1S/C10H12N2OS.H2/c1-7-9(4-5-10(13)12-7)6-11-8(2)14-3;/h4-6H,1H2,2-3H3,(H,12,13);1H/b9-6-,11-8?;. The van der Waals surface area contributed by atoms with E-state index in [1.165, 1.54) is 6.07 Å². The third-order valence-corrected chi connectivity index (χ3v) is 2.41. The van der Waals surface area contributed by atoms with E-state index in [4.69, 9.17) is 0 Å². The molecule has 0 atom stereocenters. The Morgan fingerprint density at radius 1 is 1.71 bits per heavy atom. The topological polar surface area (TPSA) is 45.2 Å². The number of rotatable bonds is 1. The van der Waals surface area contributed by atoms with Gasteiger partial charge in [-0.15, -0.1) is 11.8 Å². The van der Waals surface area contributed by atoms with Gasteiger partial charge in [0.15, 0.2) is 0 Å². The summed E-state index contributed by atoms with van der Waals surface area (Å²) in [6.07, 6.45) is 3.66. The lowest BCUT2D eigenvalue weighted by Gasteiger charge is -1.89. The average Bonchev–Trinajstić information content (AvgIpc) is 2.16. The highest BCUT2D eigenvalue weighted by Gasteiger charge is 1.85. The molecule has 0 spiro atoms. The zero-order chi connectivity index (χ0) is 10.6. The van der Waals surface area contributed by atoms with E-state index in [1.807, 2.05) is 13.2 Å². The van der Waals surface area contributed by atoms with Gasteiger partial charge in [0, 0.05) is 24.3 Å². The fraction of sp³-hybridized carbons (Fsp3) is 0.200. The van der Waals surface area contributed by atoms with E-state index >= 15 is 0 Å². The first-order chi connectivity index (χ1) is 6.63. The van der Waals surface area contributed by atoms with Crippen LogP contribution in [-0.4, -0.2) is 16.3 Å². The van der Waals surface area contributed by atoms with Crippen LogP contribution >= 0.6 is 11.8 Å². The lowest BCUT2D eigenvalue weighted by molar-refractivity contribution is 1.16. The van der Waals surface area contributed by atoms with E-state index in [0.29, 0.717) is 5.35 Å². The summed E-state index contributed by atoms with van der Waals surface area (Å²) in [6, 6.07) is 3.17. The second-order valence-electron chi connectivity index (χ2n) is 2.74. The summed E-state index contributed by atoms with van der Waals surface area (Å²) < 4.78 is 0. The monoisotopic (exact) mass is 210 g/mol. The summed E-state index contributed by atoms with van der Waals surface area (Å²) in [5.41, 5.74) is -0.141. The minimum atomic E-state index is -0.141. The van der Waals surface area contributed by atoms with Crippen molar-refractivity contribution < 1.29 is 1.43 Å². The van der Waals surface area contributed by atoms with Gasteiger partial charge >= 0.3 is 0 Å². The molecule has 0 aliphatic carbocycles. The van der Waals surface area contributed by atoms with Gasteiger partial charge in [-0.05, 0) is 19.2 Å². The van der Waals surface area contributed by atoms with Crippen LogP contribution in [0.2, 0.25) is 0 Å². The van der Waals surface area contributed by atoms with Crippen LogP contribution < -0.4 is 16.1 Å². The molecule has 76 valence electrons. The van der Waals surface area contributed by atoms with Crippen LogP contribution in [0.1, 0.15) is 8.35 Å². The van der Waals surface area contributed by atoms with Crippen LogP contribution in [0, 0.1) is 0 Å². The SMILES string of the molecule is C=c1[nH]c(=O)cc/c1=C/N=C(C)SC.[HH]. The fourth-order valence-corrected chi connectivity index (χ4v) is 1.02. The van der Waals surface area contributed by atoms with E-state index in [-0.39, 0.29) is 6.99 Å². The van der Waals surface area contributed by atoms with Crippen molar-refractivity contribution in [2.24, 2.45) is 4.99 Å². The maximum atomic E-state index is 10.9. The Balaban J connectivity index is 0.00000196. The second kappa shape index (κ2) is 4.81. The van der Waals surface area contributed by atoms with Crippen LogP contribution in [0.25, 0.3) is 12.8 Å². The molecule has 1 rings (SSSR count). The molecule has 0 radical (unpaired) electrons. The Morgan fingerprint density at radius 3 is 3.00 bits per heavy atom. The Bertz CT molecular complexity index is 507. The molecule has 0 aromatic carbocycles.